The Hall–Kier alpha value is -3.26. The number of esters is 1. The highest BCUT2D eigenvalue weighted by Crippen LogP contribution is 2.32. The smallest absolute Gasteiger partial charge is 0.323 e. The molecular formula is C29H42N6O6S. The molecule has 3 N–H and O–H groups in total. The molecule has 0 amide bonds. The van der Waals surface area contributed by atoms with Gasteiger partial charge in [-0.2, -0.15) is 4.31 Å². The lowest BCUT2D eigenvalue weighted by Gasteiger charge is -2.34. The average molecular weight is 603 g/mol. The molecule has 0 bridgehead atoms. The maximum Gasteiger partial charge on any atom is 0.323 e. The highest BCUT2D eigenvalue weighted by Gasteiger charge is 2.30. The zero-order valence-electron chi connectivity index (χ0n) is 25.1. The van der Waals surface area contributed by atoms with Crippen LogP contribution in [0.3, 0.4) is 0 Å². The predicted molar refractivity (Wildman–Crippen MR) is 161 cm³/mol. The molecule has 1 aliphatic rings. The van der Waals surface area contributed by atoms with Crippen LogP contribution in [0.25, 0.3) is 22.4 Å². The van der Waals surface area contributed by atoms with Gasteiger partial charge in [0.15, 0.2) is 0 Å². The van der Waals surface area contributed by atoms with Crippen LogP contribution in [-0.2, 0) is 33.0 Å². The number of carbonyl (C=O) groups excluding carboxylic acids is 1. The van der Waals surface area contributed by atoms with E-state index < -0.39 is 22.0 Å². The van der Waals surface area contributed by atoms with Crippen molar-refractivity contribution in [3.05, 3.63) is 40.3 Å². The van der Waals surface area contributed by atoms with E-state index in [2.05, 4.69) is 16.8 Å². The number of benzene rings is 1. The number of rotatable bonds is 12. The van der Waals surface area contributed by atoms with Gasteiger partial charge in [0, 0.05) is 46.0 Å². The predicted octanol–water partition coefficient (Wildman–Crippen LogP) is 2.11. The molecule has 1 aliphatic heterocycles. The molecule has 2 aromatic heterocycles. The number of aryl methyl sites for hydroxylation is 2. The number of nitrogens with two attached hydrogens (primary N) is 1. The molecule has 42 heavy (non-hydrogen) atoms. The van der Waals surface area contributed by atoms with E-state index in [9.17, 15) is 18.0 Å². The van der Waals surface area contributed by atoms with E-state index in [0.717, 1.165) is 18.4 Å². The Morgan fingerprint density at radius 3 is 2.52 bits per heavy atom. The molecule has 1 aromatic carbocycles. The third-order valence-corrected chi connectivity index (χ3v) is 9.43. The van der Waals surface area contributed by atoms with E-state index >= 15 is 0 Å². The summed E-state index contributed by atoms with van der Waals surface area (Å²) in [6, 6.07) is 4.00. The van der Waals surface area contributed by atoms with Crippen LogP contribution in [0.15, 0.2) is 34.1 Å². The van der Waals surface area contributed by atoms with Crippen molar-refractivity contribution in [3.8, 4) is 17.1 Å². The van der Waals surface area contributed by atoms with Gasteiger partial charge in [-0.05, 0) is 43.0 Å². The molecule has 4 rings (SSSR count). The number of nitrogens with one attached hydrogen (secondary N) is 1. The van der Waals surface area contributed by atoms with Crippen LogP contribution in [0.4, 0.5) is 0 Å². The lowest BCUT2D eigenvalue weighted by molar-refractivity contribution is -0.146. The quantitative estimate of drug-likeness (QED) is 0.297. The minimum absolute atomic E-state index is 0.00911. The summed E-state index contributed by atoms with van der Waals surface area (Å²) in [5, 5.41) is 0. The van der Waals surface area contributed by atoms with Crippen molar-refractivity contribution >= 4 is 27.0 Å². The zero-order chi connectivity index (χ0) is 30.6. The Balaban J connectivity index is 1.54. The van der Waals surface area contributed by atoms with Crippen LogP contribution in [0, 0.1) is 5.92 Å². The number of hydrogen-bond donors (Lipinski definition) is 2. The monoisotopic (exact) mass is 602 g/mol. The zero-order valence-corrected chi connectivity index (χ0v) is 25.9. The number of hydrogen-bond acceptors (Lipinski definition) is 9. The summed E-state index contributed by atoms with van der Waals surface area (Å²) in [6.45, 7) is 10.2. The van der Waals surface area contributed by atoms with Gasteiger partial charge >= 0.3 is 5.97 Å². The van der Waals surface area contributed by atoms with Gasteiger partial charge in [0.25, 0.3) is 5.56 Å². The van der Waals surface area contributed by atoms with Crippen molar-refractivity contribution in [3.63, 3.8) is 0 Å². The first-order valence-corrected chi connectivity index (χ1v) is 15.9. The molecule has 1 fully saturated rings. The van der Waals surface area contributed by atoms with Gasteiger partial charge in [-0.25, -0.2) is 13.4 Å². The van der Waals surface area contributed by atoms with Crippen LogP contribution >= 0.6 is 0 Å². The van der Waals surface area contributed by atoms with Crippen LogP contribution in [0.1, 0.15) is 39.7 Å². The normalized spacial score (nSPS) is 15.8. The molecule has 0 aliphatic carbocycles. The summed E-state index contributed by atoms with van der Waals surface area (Å²) >= 11 is 0. The number of H-pyrrole nitrogens is 1. The van der Waals surface area contributed by atoms with Crippen LogP contribution in [0.5, 0.6) is 5.75 Å². The Morgan fingerprint density at radius 2 is 1.88 bits per heavy atom. The van der Waals surface area contributed by atoms with Crippen molar-refractivity contribution < 1.29 is 22.7 Å². The van der Waals surface area contributed by atoms with Gasteiger partial charge in [0.2, 0.25) is 10.0 Å². The molecule has 0 unspecified atom stereocenters. The maximum atomic E-state index is 13.7. The number of aromatic nitrogens is 3. The number of fused-ring (bicyclic) bond motifs is 1. The van der Waals surface area contributed by atoms with Crippen molar-refractivity contribution in [1.82, 2.24) is 23.7 Å². The molecule has 1 saturated heterocycles. The van der Waals surface area contributed by atoms with Gasteiger partial charge in [-0.3, -0.25) is 14.5 Å². The molecule has 3 heterocycles. The lowest BCUT2D eigenvalue weighted by Crippen LogP contribution is -2.49. The molecular weight excluding hydrogens is 560 g/mol. The molecule has 230 valence electrons. The highest BCUT2D eigenvalue weighted by atomic mass is 32.2. The fourth-order valence-corrected chi connectivity index (χ4v) is 6.53. The van der Waals surface area contributed by atoms with E-state index in [0.29, 0.717) is 48.6 Å². The fourth-order valence-electron chi connectivity index (χ4n) is 5.08. The average Bonchev–Trinajstić information content (AvgIpc) is 3.28. The molecule has 13 heteroatoms. The second-order valence-corrected chi connectivity index (χ2v) is 12.8. The SMILES string of the molecule is CCCc1cn(C)c2c(=O)[nH]c(-c3cc(S(=O)(=O)N4CCN(CCOC(=O)[C@@H](N)C(C)C)CC4)ccc3OCC)nc12. The highest BCUT2D eigenvalue weighted by molar-refractivity contribution is 7.89. The lowest BCUT2D eigenvalue weighted by atomic mass is 10.1. The third-order valence-electron chi connectivity index (χ3n) is 7.54. The number of carbonyl (C=O) groups is 1. The number of piperazine rings is 1. The van der Waals surface area contributed by atoms with Gasteiger partial charge < -0.3 is 24.8 Å². The summed E-state index contributed by atoms with van der Waals surface area (Å²) in [6.07, 6.45) is 3.57. The van der Waals surface area contributed by atoms with Crippen molar-refractivity contribution in [2.24, 2.45) is 18.7 Å². The second-order valence-electron chi connectivity index (χ2n) is 10.9. The van der Waals surface area contributed by atoms with Crippen molar-refractivity contribution in [2.45, 2.75) is 51.5 Å². The topological polar surface area (TPSA) is 153 Å². The molecule has 12 nitrogen and oxygen atoms in total. The van der Waals surface area contributed by atoms with E-state index in [1.807, 2.05) is 34.0 Å². The Kier molecular flexibility index (Phi) is 10.1. The largest absolute Gasteiger partial charge is 0.493 e. The first kappa shape index (κ1) is 31.7. The van der Waals surface area contributed by atoms with Gasteiger partial charge in [-0.1, -0.05) is 27.2 Å². The van der Waals surface area contributed by atoms with Crippen molar-refractivity contribution in [2.75, 3.05) is 45.9 Å². The Bertz CT molecular complexity index is 1570. The molecule has 0 spiro atoms. The standard InChI is InChI=1S/C29H42N6O6S/c1-6-8-20-18-33(5)26-25(20)31-27(32-28(26)36)22-17-21(9-10-23(22)40-7-2)42(38,39)35-13-11-34(12-14-35)15-16-41-29(37)24(30)19(3)4/h9-10,17-19,24H,6-8,11-16,30H2,1-5H3,(H,31,32,36)/t24-/m0/s1. The summed E-state index contributed by atoms with van der Waals surface area (Å²) in [7, 11) is -2.03. The summed E-state index contributed by atoms with van der Waals surface area (Å²) in [5.74, 6) is 0.253. The number of sulfonamides is 1. The van der Waals surface area contributed by atoms with E-state index in [4.69, 9.17) is 20.2 Å². The van der Waals surface area contributed by atoms with Crippen LogP contribution in [-0.4, -0.2) is 90.1 Å². The molecule has 0 radical (unpaired) electrons. The number of ether oxygens (including phenoxy) is 2. The molecule has 3 aromatic rings. The summed E-state index contributed by atoms with van der Waals surface area (Å²) in [5.41, 5.74) is 7.97. The van der Waals surface area contributed by atoms with Gasteiger partial charge in [0.05, 0.1) is 22.6 Å². The summed E-state index contributed by atoms with van der Waals surface area (Å²) in [4.78, 5) is 34.9. The third kappa shape index (κ3) is 6.69. The Labute approximate surface area is 246 Å². The number of aromatic amines is 1. The number of nitrogens with zero attached hydrogens (tertiary/aromatic N) is 4. The Morgan fingerprint density at radius 1 is 1.17 bits per heavy atom. The van der Waals surface area contributed by atoms with E-state index in [1.54, 1.807) is 10.6 Å². The maximum absolute atomic E-state index is 13.7. The van der Waals surface area contributed by atoms with E-state index in [1.165, 1.54) is 16.4 Å². The first-order chi connectivity index (χ1) is 20.0. The van der Waals surface area contributed by atoms with Crippen molar-refractivity contribution in [1.29, 1.82) is 0 Å². The van der Waals surface area contributed by atoms with Gasteiger partial charge in [0.1, 0.15) is 29.7 Å². The van der Waals surface area contributed by atoms with Crippen LogP contribution < -0.4 is 16.0 Å². The van der Waals surface area contributed by atoms with Crippen LogP contribution in [0.2, 0.25) is 0 Å². The summed E-state index contributed by atoms with van der Waals surface area (Å²) < 4.78 is 41.7. The minimum Gasteiger partial charge on any atom is -0.493 e. The first-order valence-electron chi connectivity index (χ1n) is 14.5. The minimum atomic E-state index is -3.84. The fraction of sp³-hybridized carbons (Fsp3) is 0.552. The molecule has 0 saturated carbocycles. The molecule has 1 atom stereocenters. The van der Waals surface area contributed by atoms with Gasteiger partial charge in [-0.15, -0.1) is 0 Å². The second kappa shape index (κ2) is 13.4. The van der Waals surface area contributed by atoms with E-state index in [-0.39, 0.29) is 41.9 Å².